The summed E-state index contributed by atoms with van der Waals surface area (Å²) in [6.45, 7) is 5.05. The Kier molecular flexibility index (Phi) is 5.61. The number of rotatable bonds is 7. The van der Waals surface area contributed by atoms with Crippen molar-refractivity contribution in [3.63, 3.8) is 0 Å². The van der Waals surface area contributed by atoms with Crippen LogP contribution in [-0.4, -0.2) is 35.5 Å². The van der Waals surface area contributed by atoms with Gasteiger partial charge in [0.2, 0.25) is 0 Å². The maximum Gasteiger partial charge on any atom is 0.326 e. The Labute approximate surface area is 161 Å². The molecule has 1 atom stereocenters. The third-order valence-corrected chi connectivity index (χ3v) is 4.83. The van der Waals surface area contributed by atoms with Gasteiger partial charge in [0.1, 0.15) is 5.54 Å². The third-order valence-electron chi connectivity index (χ3n) is 4.83. The largest absolute Gasteiger partial charge is 0.326 e. The predicted octanol–water partition coefficient (Wildman–Crippen LogP) is 3.57. The van der Waals surface area contributed by atoms with Gasteiger partial charge in [0.25, 0.3) is 5.91 Å². The van der Waals surface area contributed by atoms with Crippen LogP contribution in [0, 0.1) is 5.92 Å². The highest BCUT2D eigenvalue weighted by molar-refractivity contribution is 6.07. The second-order valence-corrected chi connectivity index (χ2v) is 7.67. The molecule has 5 heteroatoms. The fourth-order valence-corrected chi connectivity index (χ4v) is 3.73. The number of benzene rings is 2. The second kappa shape index (κ2) is 7.92. The van der Waals surface area contributed by atoms with E-state index in [1.54, 1.807) is 0 Å². The van der Waals surface area contributed by atoms with Crippen LogP contribution in [-0.2, 0) is 16.9 Å². The van der Waals surface area contributed by atoms with Gasteiger partial charge < -0.3 is 5.32 Å². The zero-order valence-corrected chi connectivity index (χ0v) is 16.2. The SMILES string of the molecule is CC(C)C[C@]1(c2ccccc2)NC(=O)N(CN(C)Cc2ccccc2)C1=O. The maximum absolute atomic E-state index is 13.4. The van der Waals surface area contributed by atoms with E-state index in [0.29, 0.717) is 13.0 Å². The second-order valence-electron chi connectivity index (χ2n) is 7.67. The Balaban J connectivity index is 1.81. The van der Waals surface area contributed by atoms with Gasteiger partial charge in [-0.05, 0) is 30.5 Å². The van der Waals surface area contributed by atoms with Crippen LogP contribution in [0.1, 0.15) is 31.4 Å². The molecule has 0 aromatic heterocycles. The van der Waals surface area contributed by atoms with Gasteiger partial charge in [-0.15, -0.1) is 0 Å². The molecule has 2 aromatic carbocycles. The topological polar surface area (TPSA) is 52.7 Å². The molecule has 27 heavy (non-hydrogen) atoms. The number of amides is 3. The van der Waals surface area contributed by atoms with Crippen molar-refractivity contribution >= 4 is 11.9 Å². The minimum Gasteiger partial charge on any atom is -0.319 e. The number of urea groups is 1. The molecule has 3 rings (SSSR count). The number of nitrogens with one attached hydrogen (secondary N) is 1. The normalized spacial score (nSPS) is 19.8. The minimum absolute atomic E-state index is 0.174. The average Bonchev–Trinajstić information content (AvgIpc) is 2.88. The van der Waals surface area contributed by atoms with Crippen LogP contribution >= 0.6 is 0 Å². The van der Waals surface area contributed by atoms with Gasteiger partial charge in [0.05, 0.1) is 6.67 Å². The summed E-state index contributed by atoms with van der Waals surface area (Å²) >= 11 is 0. The molecule has 1 aliphatic rings. The summed E-state index contributed by atoms with van der Waals surface area (Å²) in [7, 11) is 1.92. The predicted molar refractivity (Wildman–Crippen MR) is 106 cm³/mol. The fraction of sp³-hybridized carbons (Fsp3) is 0.364. The van der Waals surface area contributed by atoms with Crippen LogP contribution in [0.2, 0.25) is 0 Å². The van der Waals surface area contributed by atoms with Crippen LogP contribution in [0.3, 0.4) is 0 Å². The molecule has 2 aromatic rings. The number of imide groups is 1. The summed E-state index contributed by atoms with van der Waals surface area (Å²) in [5, 5.41) is 2.99. The number of nitrogens with zero attached hydrogens (tertiary/aromatic N) is 2. The Morgan fingerprint density at radius 2 is 1.59 bits per heavy atom. The molecular weight excluding hydrogens is 338 g/mol. The fourth-order valence-electron chi connectivity index (χ4n) is 3.73. The standard InChI is InChI=1S/C22H27N3O2/c1-17(2)14-22(19-12-8-5-9-13-19)20(26)25(21(27)23-22)16-24(3)15-18-10-6-4-7-11-18/h4-13,17H,14-16H2,1-3H3,(H,23,27)/t22-/m1/s1. The van der Waals surface area contributed by atoms with E-state index in [-0.39, 0.29) is 24.5 Å². The first-order valence-corrected chi connectivity index (χ1v) is 9.34. The van der Waals surface area contributed by atoms with Crippen molar-refractivity contribution in [2.75, 3.05) is 13.7 Å². The monoisotopic (exact) mass is 365 g/mol. The van der Waals surface area contributed by atoms with Crippen LogP contribution in [0.5, 0.6) is 0 Å². The van der Waals surface area contributed by atoms with Gasteiger partial charge in [-0.2, -0.15) is 0 Å². The Bertz CT molecular complexity index is 792. The number of hydrogen-bond donors (Lipinski definition) is 1. The van der Waals surface area contributed by atoms with Gasteiger partial charge in [-0.25, -0.2) is 9.69 Å². The summed E-state index contributed by atoms with van der Waals surface area (Å²) in [5.74, 6) is 0.0868. The maximum atomic E-state index is 13.4. The van der Waals surface area contributed by atoms with Gasteiger partial charge in [-0.3, -0.25) is 9.69 Å². The molecule has 142 valence electrons. The zero-order chi connectivity index (χ0) is 19.4. The van der Waals surface area contributed by atoms with Crippen LogP contribution < -0.4 is 5.32 Å². The van der Waals surface area contributed by atoms with E-state index >= 15 is 0 Å². The first-order chi connectivity index (χ1) is 12.9. The molecule has 0 spiro atoms. The Hall–Kier alpha value is -2.66. The quantitative estimate of drug-likeness (QED) is 0.763. The number of hydrogen-bond acceptors (Lipinski definition) is 3. The summed E-state index contributed by atoms with van der Waals surface area (Å²) < 4.78 is 0. The first kappa shape index (κ1) is 19.1. The lowest BCUT2D eigenvalue weighted by atomic mass is 9.82. The minimum atomic E-state index is -0.986. The first-order valence-electron chi connectivity index (χ1n) is 9.34. The number of carbonyl (C=O) groups is 2. The van der Waals surface area contributed by atoms with E-state index in [2.05, 4.69) is 19.2 Å². The molecule has 0 aliphatic carbocycles. The zero-order valence-electron chi connectivity index (χ0n) is 16.2. The number of carbonyl (C=O) groups excluding carboxylic acids is 2. The molecule has 5 nitrogen and oxygen atoms in total. The van der Waals surface area contributed by atoms with Crippen molar-refractivity contribution in [2.24, 2.45) is 5.92 Å². The van der Waals surface area contributed by atoms with E-state index < -0.39 is 5.54 Å². The molecule has 1 aliphatic heterocycles. The third kappa shape index (κ3) is 4.03. The molecule has 3 amide bonds. The lowest BCUT2D eigenvalue weighted by Crippen LogP contribution is -2.46. The highest BCUT2D eigenvalue weighted by Crippen LogP contribution is 2.35. The van der Waals surface area contributed by atoms with Crippen LogP contribution in [0.25, 0.3) is 0 Å². The highest BCUT2D eigenvalue weighted by atomic mass is 16.2. The molecule has 1 fully saturated rings. The molecule has 0 bridgehead atoms. The molecule has 0 unspecified atom stereocenters. The Morgan fingerprint density at radius 3 is 2.19 bits per heavy atom. The van der Waals surface area contributed by atoms with Crippen molar-refractivity contribution in [3.8, 4) is 0 Å². The smallest absolute Gasteiger partial charge is 0.319 e. The molecule has 1 saturated heterocycles. The summed E-state index contributed by atoms with van der Waals surface area (Å²) in [6.07, 6.45) is 0.570. The van der Waals surface area contributed by atoms with Crippen molar-refractivity contribution in [1.29, 1.82) is 0 Å². The van der Waals surface area contributed by atoms with Gasteiger partial charge in [0.15, 0.2) is 0 Å². The van der Waals surface area contributed by atoms with E-state index in [1.807, 2.05) is 72.6 Å². The molecule has 1 N–H and O–H groups in total. The van der Waals surface area contributed by atoms with Crippen molar-refractivity contribution < 1.29 is 9.59 Å². The van der Waals surface area contributed by atoms with E-state index in [0.717, 1.165) is 11.1 Å². The average molecular weight is 365 g/mol. The van der Waals surface area contributed by atoms with Gasteiger partial charge >= 0.3 is 6.03 Å². The van der Waals surface area contributed by atoms with Crippen molar-refractivity contribution in [1.82, 2.24) is 15.1 Å². The molecule has 0 radical (unpaired) electrons. The van der Waals surface area contributed by atoms with Gasteiger partial charge in [-0.1, -0.05) is 74.5 Å². The molecular formula is C22H27N3O2. The molecule has 0 saturated carbocycles. The Morgan fingerprint density at radius 1 is 1.00 bits per heavy atom. The van der Waals surface area contributed by atoms with Crippen LogP contribution in [0.15, 0.2) is 60.7 Å². The van der Waals surface area contributed by atoms with Crippen molar-refractivity contribution in [2.45, 2.75) is 32.4 Å². The lowest BCUT2D eigenvalue weighted by molar-refractivity contribution is -0.133. The summed E-state index contributed by atoms with van der Waals surface area (Å²) in [5.41, 5.74) is 0.994. The van der Waals surface area contributed by atoms with E-state index in [4.69, 9.17) is 0 Å². The highest BCUT2D eigenvalue weighted by Gasteiger charge is 2.52. The summed E-state index contributed by atoms with van der Waals surface area (Å²) in [6, 6.07) is 19.2. The van der Waals surface area contributed by atoms with E-state index in [1.165, 1.54) is 4.90 Å². The summed E-state index contributed by atoms with van der Waals surface area (Å²) in [4.78, 5) is 29.4. The lowest BCUT2D eigenvalue weighted by Gasteiger charge is -2.29. The van der Waals surface area contributed by atoms with Crippen LogP contribution in [0.4, 0.5) is 4.79 Å². The molecule has 1 heterocycles. The van der Waals surface area contributed by atoms with E-state index in [9.17, 15) is 9.59 Å². The van der Waals surface area contributed by atoms with Gasteiger partial charge in [0, 0.05) is 6.54 Å². The van der Waals surface area contributed by atoms with Crippen molar-refractivity contribution in [3.05, 3.63) is 71.8 Å².